The van der Waals surface area contributed by atoms with Gasteiger partial charge in [0.25, 0.3) is 0 Å². The second kappa shape index (κ2) is 8.34. The highest BCUT2D eigenvalue weighted by atomic mass is 35.5. The number of halogens is 1. The first kappa shape index (κ1) is 17.0. The van der Waals surface area contributed by atoms with Gasteiger partial charge in [-0.15, -0.1) is 0 Å². The first-order chi connectivity index (χ1) is 11.0. The Hall–Kier alpha value is -2.33. The van der Waals surface area contributed by atoms with Gasteiger partial charge in [-0.3, -0.25) is 9.59 Å². The average molecular weight is 331 g/mol. The zero-order valence-electron chi connectivity index (χ0n) is 12.7. The molecule has 0 unspecified atom stereocenters. The SMILES string of the molecule is NC(=O)[C@@H](Cc1ccc(Cl)cc1)NC(=O)CCc1ccccc1. The summed E-state index contributed by atoms with van der Waals surface area (Å²) in [5.74, 6) is -0.736. The van der Waals surface area contributed by atoms with Crippen LogP contribution < -0.4 is 11.1 Å². The molecule has 0 saturated heterocycles. The van der Waals surface area contributed by atoms with E-state index in [0.29, 0.717) is 24.3 Å². The molecule has 0 fully saturated rings. The van der Waals surface area contributed by atoms with Gasteiger partial charge in [0, 0.05) is 17.9 Å². The molecular formula is C18H19ClN2O2. The van der Waals surface area contributed by atoms with Gasteiger partial charge in [0.05, 0.1) is 0 Å². The molecule has 23 heavy (non-hydrogen) atoms. The highest BCUT2D eigenvalue weighted by Gasteiger charge is 2.18. The molecule has 0 heterocycles. The maximum Gasteiger partial charge on any atom is 0.240 e. The molecule has 0 radical (unpaired) electrons. The lowest BCUT2D eigenvalue weighted by Crippen LogP contribution is -2.45. The molecule has 0 spiro atoms. The lowest BCUT2D eigenvalue weighted by atomic mass is 10.0. The molecule has 2 aromatic rings. The number of hydrogen-bond acceptors (Lipinski definition) is 2. The zero-order chi connectivity index (χ0) is 16.7. The average Bonchev–Trinajstić information content (AvgIpc) is 2.55. The molecule has 0 aliphatic rings. The Morgan fingerprint density at radius 2 is 1.65 bits per heavy atom. The molecule has 2 aromatic carbocycles. The van der Waals surface area contributed by atoms with E-state index in [1.165, 1.54) is 0 Å². The Kier molecular flexibility index (Phi) is 6.18. The number of nitrogens with two attached hydrogens (primary N) is 1. The topological polar surface area (TPSA) is 72.2 Å². The van der Waals surface area contributed by atoms with E-state index >= 15 is 0 Å². The van der Waals surface area contributed by atoms with E-state index in [9.17, 15) is 9.59 Å². The van der Waals surface area contributed by atoms with Gasteiger partial charge in [0.15, 0.2) is 0 Å². The third kappa shape index (κ3) is 5.75. The van der Waals surface area contributed by atoms with Gasteiger partial charge in [0.1, 0.15) is 6.04 Å². The Labute approximate surface area is 140 Å². The molecule has 0 bridgehead atoms. The summed E-state index contributed by atoms with van der Waals surface area (Å²) in [7, 11) is 0. The van der Waals surface area contributed by atoms with Crippen LogP contribution in [0, 0.1) is 0 Å². The molecule has 0 aliphatic carbocycles. The number of carbonyl (C=O) groups is 2. The molecule has 4 nitrogen and oxygen atoms in total. The Morgan fingerprint density at radius 3 is 2.26 bits per heavy atom. The third-order valence-electron chi connectivity index (χ3n) is 3.52. The first-order valence-electron chi connectivity index (χ1n) is 7.41. The molecule has 2 amide bonds. The number of rotatable bonds is 7. The summed E-state index contributed by atoms with van der Waals surface area (Å²) in [6.45, 7) is 0. The second-order valence-electron chi connectivity index (χ2n) is 5.34. The van der Waals surface area contributed by atoms with Crippen molar-refractivity contribution in [3.63, 3.8) is 0 Å². The zero-order valence-corrected chi connectivity index (χ0v) is 13.4. The van der Waals surface area contributed by atoms with Gasteiger partial charge in [-0.05, 0) is 29.7 Å². The first-order valence-corrected chi connectivity index (χ1v) is 7.79. The summed E-state index contributed by atoms with van der Waals surface area (Å²) >= 11 is 5.83. The van der Waals surface area contributed by atoms with Crippen LogP contribution in [0.4, 0.5) is 0 Å². The minimum atomic E-state index is -0.723. The maximum atomic E-state index is 12.0. The van der Waals surface area contributed by atoms with Crippen molar-refractivity contribution in [1.29, 1.82) is 0 Å². The van der Waals surface area contributed by atoms with E-state index in [0.717, 1.165) is 11.1 Å². The molecule has 120 valence electrons. The van der Waals surface area contributed by atoms with E-state index < -0.39 is 11.9 Å². The normalized spacial score (nSPS) is 11.7. The molecule has 0 aromatic heterocycles. The summed E-state index contributed by atoms with van der Waals surface area (Å²) < 4.78 is 0. The maximum absolute atomic E-state index is 12.0. The van der Waals surface area contributed by atoms with Gasteiger partial charge in [-0.25, -0.2) is 0 Å². The van der Waals surface area contributed by atoms with Crippen LogP contribution in [0.2, 0.25) is 5.02 Å². The minimum Gasteiger partial charge on any atom is -0.368 e. The van der Waals surface area contributed by atoms with Gasteiger partial charge >= 0.3 is 0 Å². The van der Waals surface area contributed by atoms with Crippen LogP contribution in [0.25, 0.3) is 0 Å². The Bertz CT molecular complexity index is 656. The van der Waals surface area contributed by atoms with Gasteiger partial charge < -0.3 is 11.1 Å². The van der Waals surface area contributed by atoms with Crippen molar-refractivity contribution in [3.05, 3.63) is 70.7 Å². The highest BCUT2D eigenvalue weighted by Crippen LogP contribution is 2.11. The van der Waals surface area contributed by atoms with Gasteiger partial charge in [0.2, 0.25) is 11.8 Å². The lowest BCUT2D eigenvalue weighted by Gasteiger charge is -2.15. The van der Waals surface area contributed by atoms with Crippen LogP contribution in [0.1, 0.15) is 17.5 Å². The Morgan fingerprint density at radius 1 is 1.00 bits per heavy atom. The largest absolute Gasteiger partial charge is 0.368 e. The second-order valence-corrected chi connectivity index (χ2v) is 5.78. The number of primary amides is 1. The summed E-state index contributed by atoms with van der Waals surface area (Å²) in [4.78, 5) is 23.6. The fourth-order valence-corrected chi connectivity index (χ4v) is 2.37. The van der Waals surface area contributed by atoms with Crippen molar-refractivity contribution in [1.82, 2.24) is 5.32 Å². The molecule has 1 atom stereocenters. The summed E-state index contributed by atoms with van der Waals surface area (Å²) in [5, 5.41) is 3.32. The van der Waals surface area contributed by atoms with Crippen LogP contribution in [-0.2, 0) is 22.4 Å². The van der Waals surface area contributed by atoms with Crippen molar-refractivity contribution >= 4 is 23.4 Å². The van der Waals surface area contributed by atoms with Crippen LogP contribution in [0.3, 0.4) is 0 Å². The van der Waals surface area contributed by atoms with Crippen LogP contribution in [0.15, 0.2) is 54.6 Å². The van der Waals surface area contributed by atoms with E-state index in [4.69, 9.17) is 17.3 Å². The summed E-state index contributed by atoms with van der Waals surface area (Å²) in [6, 6.07) is 16.1. The number of aryl methyl sites for hydroxylation is 1. The molecule has 3 N–H and O–H groups in total. The monoisotopic (exact) mass is 330 g/mol. The number of carbonyl (C=O) groups excluding carboxylic acids is 2. The van der Waals surface area contributed by atoms with E-state index in [-0.39, 0.29) is 5.91 Å². The number of hydrogen-bond donors (Lipinski definition) is 2. The molecule has 0 aliphatic heterocycles. The van der Waals surface area contributed by atoms with Crippen LogP contribution in [0.5, 0.6) is 0 Å². The predicted octanol–water partition coefficient (Wildman–Crippen LogP) is 2.49. The van der Waals surface area contributed by atoms with Crippen molar-refractivity contribution in [2.24, 2.45) is 5.73 Å². The van der Waals surface area contributed by atoms with Crippen molar-refractivity contribution in [3.8, 4) is 0 Å². The summed E-state index contributed by atoms with van der Waals surface area (Å²) in [6.07, 6.45) is 1.29. The van der Waals surface area contributed by atoms with Crippen molar-refractivity contribution in [2.45, 2.75) is 25.3 Å². The van der Waals surface area contributed by atoms with Gasteiger partial charge in [-0.1, -0.05) is 54.1 Å². The molecule has 0 saturated carbocycles. The number of nitrogens with one attached hydrogen (secondary N) is 1. The highest BCUT2D eigenvalue weighted by molar-refractivity contribution is 6.30. The van der Waals surface area contributed by atoms with E-state index in [1.54, 1.807) is 12.1 Å². The lowest BCUT2D eigenvalue weighted by molar-refractivity contribution is -0.127. The molecule has 2 rings (SSSR count). The Balaban J connectivity index is 1.89. The van der Waals surface area contributed by atoms with Gasteiger partial charge in [-0.2, -0.15) is 0 Å². The minimum absolute atomic E-state index is 0.188. The van der Waals surface area contributed by atoms with Crippen molar-refractivity contribution < 1.29 is 9.59 Å². The predicted molar refractivity (Wildman–Crippen MR) is 91.0 cm³/mol. The van der Waals surface area contributed by atoms with E-state index in [2.05, 4.69) is 5.32 Å². The van der Waals surface area contributed by atoms with Crippen molar-refractivity contribution in [2.75, 3.05) is 0 Å². The summed E-state index contributed by atoms with van der Waals surface area (Å²) in [5.41, 5.74) is 7.36. The molecular weight excluding hydrogens is 312 g/mol. The standard InChI is InChI=1S/C18H19ClN2O2/c19-15-9-6-14(7-10-15)12-16(18(20)23)21-17(22)11-8-13-4-2-1-3-5-13/h1-7,9-10,16H,8,11-12H2,(H2,20,23)(H,21,22)/t16-/m1/s1. The number of benzene rings is 2. The molecule has 5 heteroatoms. The number of amides is 2. The fourth-order valence-electron chi connectivity index (χ4n) is 2.25. The fraction of sp³-hybridized carbons (Fsp3) is 0.222. The van der Waals surface area contributed by atoms with E-state index in [1.807, 2.05) is 42.5 Å². The smallest absolute Gasteiger partial charge is 0.240 e. The third-order valence-corrected chi connectivity index (χ3v) is 3.77. The van der Waals surface area contributed by atoms with Crippen LogP contribution >= 0.6 is 11.6 Å². The quantitative estimate of drug-likeness (QED) is 0.818. The van der Waals surface area contributed by atoms with Crippen LogP contribution in [-0.4, -0.2) is 17.9 Å².